The van der Waals surface area contributed by atoms with Crippen molar-refractivity contribution in [2.75, 3.05) is 34.0 Å². The van der Waals surface area contributed by atoms with Crippen molar-refractivity contribution in [2.45, 2.75) is 32.0 Å². The molecule has 1 unspecified atom stereocenters. The Morgan fingerprint density at radius 1 is 0.612 bits per heavy atom. The van der Waals surface area contributed by atoms with Crippen LogP contribution >= 0.6 is 7.82 Å². The number of carbonyl (C=O) groups is 2. The Labute approximate surface area is 285 Å². The highest BCUT2D eigenvalue weighted by Crippen LogP contribution is 2.50. The zero-order chi connectivity index (χ0) is 34.7. The van der Waals surface area contributed by atoms with Crippen molar-refractivity contribution in [2.24, 2.45) is 0 Å². The van der Waals surface area contributed by atoms with Crippen molar-refractivity contribution in [1.82, 2.24) is 5.32 Å². The number of benzene rings is 4. The number of rotatable bonds is 20. The van der Waals surface area contributed by atoms with Gasteiger partial charge in [0.2, 0.25) is 0 Å². The van der Waals surface area contributed by atoms with Gasteiger partial charge in [0.1, 0.15) is 37.4 Å². The van der Waals surface area contributed by atoms with Crippen molar-refractivity contribution in [3.05, 3.63) is 132 Å². The monoisotopic (exact) mass is 693 g/mol. The van der Waals surface area contributed by atoms with E-state index in [0.717, 1.165) is 11.1 Å². The van der Waals surface area contributed by atoms with Gasteiger partial charge in [-0.15, -0.1) is 0 Å². The van der Waals surface area contributed by atoms with E-state index in [9.17, 15) is 14.2 Å². The van der Waals surface area contributed by atoms with Gasteiger partial charge in [-0.1, -0.05) is 91.0 Å². The van der Waals surface area contributed by atoms with Gasteiger partial charge in [-0.25, -0.2) is 14.2 Å². The van der Waals surface area contributed by atoms with Gasteiger partial charge >= 0.3 is 19.9 Å². The largest absolute Gasteiger partial charge is 0.497 e. The van der Waals surface area contributed by atoms with E-state index in [0.29, 0.717) is 17.1 Å². The molecule has 4 aromatic carbocycles. The number of amides is 1. The summed E-state index contributed by atoms with van der Waals surface area (Å²) in [7, 11) is -1.37. The van der Waals surface area contributed by atoms with E-state index in [1.165, 1.54) is 7.11 Å². The van der Waals surface area contributed by atoms with E-state index < -0.39 is 38.6 Å². The number of carbonyl (C=O) groups excluding carboxylic acids is 2. The molecule has 0 spiro atoms. The molecule has 1 N–H and O–H groups in total. The summed E-state index contributed by atoms with van der Waals surface area (Å²) in [5, 5.41) is 2.45. The van der Waals surface area contributed by atoms with E-state index in [1.54, 1.807) is 104 Å². The minimum atomic E-state index is -4.39. The van der Waals surface area contributed by atoms with Crippen molar-refractivity contribution < 1.29 is 51.4 Å². The summed E-state index contributed by atoms with van der Waals surface area (Å²) >= 11 is 0. The normalized spacial score (nSPS) is 13.3. The second-order valence-electron chi connectivity index (χ2n) is 10.5. The van der Waals surface area contributed by atoms with Crippen LogP contribution in [0.25, 0.3) is 0 Å². The zero-order valence-corrected chi connectivity index (χ0v) is 28.2. The molecule has 0 aliphatic carbocycles. The highest BCUT2D eigenvalue weighted by Gasteiger charge is 2.33. The van der Waals surface area contributed by atoms with E-state index in [1.807, 2.05) is 18.2 Å². The maximum Gasteiger partial charge on any atom is 0.475 e. The van der Waals surface area contributed by atoms with Crippen molar-refractivity contribution in [3.8, 4) is 11.5 Å². The number of ether oxygens (including phenoxy) is 5. The molecule has 0 bridgehead atoms. The zero-order valence-electron chi connectivity index (χ0n) is 27.3. The van der Waals surface area contributed by atoms with Crippen LogP contribution in [0.15, 0.2) is 115 Å². The molecule has 0 heterocycles. The van der Waals surface area contributed by atoms with Crippen LogP contribution in [0.5, 0.6) is 11.5 Å². The predicted octanol–water partition coefficient (Wildman–Crippen LogP) is 6.49. The highest BCUT2D eigenvalue weighted by atomic mass is 31.2. The lowest BCUT2D eigenvalue weighted by Crippen LogP contribution is -2.45. The maximum absolute atomic E-state index is 14.0. The summed E-state index contributed by atoms with van der Waals surface area (Å²) < 4.78 is 58.2. The van der Waals surface area contributed by atoms with Crippen LogP contribution in [-0.2, 0) is 57.0 Å². The number of nitrogens with one attached hydrogen (secondary N) is 1. The molecule has 0 saturated heterocycles. The summed E-state index contributed by atoms with van der Waals surface area (Å²) in [6, 6.07) is 32.5. The molecule has 1 amide bonds. The van der Waals surface area contributed by atoms with Gasteiger partial charge in [-0.3, -0.25) is 13.6 Å². The van der Waals surface area contributed by atoms with Gasteiger partial charge in [0.15, 0.2) is 6.04 Å². The molecule has 0 aliphatic heterocycles. The average molecular weight is 694 g/mol. The number of phosphoric ester groups is 1. The Bertz CT molecular complexity index is 1590. The molecule has 0 radical (unpaired) electrons. The highest BCUT2D eigenvalue weighted by molar-refractivity contribution is 7.48. The van der Waals surface area contributed by atoms with Crippen LogP contribution in [0.1, 0.15) is 16.7 Å². The first-order valence-electron chi connectivity index (χ1n) is 15.4. The van der Waals surface area contributed by atoms with E-state index >= 15 is 0 Å². The number of methoxy groups -OCH3 is 2. The second kappa shape index (κ2) is 20.0. The molecular formula is C36H40NO11P. The van der Waals surface area contributed by atoms with E-state index in [2.05, 4.69) is 5.32 Å². The molecule has 0 aliphatic rings. The molecule has 13 heteroatoms. The standard InChI is InChI=1S/C36H40NO11P/c1-41-31-18-20-32(21-19-31)43-25-33(42-2)26-47-49(40,46-24-30-16-10-5-11-17-30)48-27-34(35(38)44-22-28-12-6-3-7-13-28)37-36(39)45-23-29-14-8-4-9-15-29/h3-21,33-34H,22-27H2,1-2H3,(H,37,39)/t33-,34+,49?/m1/s1. The first kappa shape index (κ1) is 37.1. The second-order valence-corrected chi connectivity index (χ2v) is 12.2. The fourth-order valence-corrected chi connectivity index (χ4v) is 5.34. The number of esters is 1. The quantitative estimate of drug-likeness (QED) is 0.0804. The average Bonchev–Trinajstić information content (AvgIpc) is 3.15. The Balaban J connectivity index is 1.43. The Morgan fingerprint density at radius 3 is 1.67 bits per heavy atom. The van der Waals surface area contributed by atoms with Crippen molar-refractivity contribution in [3.63, 3.8) is 0 Å². The third kappa shape index (κ3) is 13.4. The number of alkyl carbamates (subject to hydrolysis) is 1. The van der Waals surface area contributed by atoms with Gasteiger partial charge < -0.3 is 29.0 Å². The van der Waals surface area contributed by atoms with Crippen molar-refractivity contribution in [1.29, 1.82) is 0 Å². The maximum atomic E-state index is 14.0. The summed E-state index contributed by atoms with van der Waals surface area (Å²) in [6.07, 6.45) is -1.60. The summed E-state index contributed by atoms with van der Waals surface area (Å²) in [5.41, 5.74) is 2.17. The first-order valence-corrected chi connectivity index (χ1v) is 16.9. The molecule has 4 aromatic rings. The molecular weight excluding hydrogens is 653 g/mol. The minimum absolute atomic E-state index is 0.0435. The fraction of sp³-hybridized carbons (Fsp3) is 0.278. The molecule has 0 fully saturated rings. The van der Waals surface area contributed by atoms with Crippen LogP contribution in [0.2, 0.25) is 0 Å². The molecule has 3 atom stereocenters. The number of phosphoric acid groups is 1. The Hall–Kier alpha value is -4.71. The lowest BCUT2D eigenvalue weighted by molar-refractivity contribution is -0.148. The van der Waals surface area contributed by atoms with Gasteiger partial charge in [0.25, 0.3) is 0 Å². The smallest absolute Gasteiger partial charge is 0.475 e. The van der Waals surface area contributed by atoms with Crippen LogP contribution in [0.4, 0.5) is 4.79 Å². The van der Waals surface area contributed by atoms with Crippen LogP contribution in [0.3, 0.4) is 0 Å². The van der Waals surface area contributed by atoms with E-state index in [-0.39, 0.29) is 33.0 Å². The Kier molecular flexibility index (Phi) is 15.1. The molecule has 0 saturated carbocycles. The van der Waals surface area contributed by atoms with Crippen molar-refractivity contribution >= 4 is 19.9 Å². The molecule has 12 nitrogen and oxygen atoms in total. The third-order valence-corrected chi connectivity index (χ3v) is 8.27. The fourth-order valence-electron chi connectivity index (χ4n) is 4.13. The SMILES string of the molecule is COc1ccc(OC[C@H](COP(=O)(OCc2ccccc2)OC[C@H](NC(=O)OCc2ccccc2)C(=O)OCc2ccccc2)OC)cc1. The molecule has 0 aromatic heterocycles. The Morgan fingerprint density at radius 2 is 1.12 bits per heavy atom. The lowest BCUT2D eigenvalue weighted by Gasteiger charge is -2.24. The van der Waals surface area contributed by atoms with E-state index in [4.69, 9.17) is 37.3 Å². The van der Waals surface area contributed by atoms with Gasteiger partial charge in [-0.2, -0.15) is 0 Å². The number of hydrogen-bond acceptors (Lipinski definition) is 11. The van der Waals surface area contributed by atoms with Crippen LogP contribution in [-0.4, -0.2) is 58.2 Å². The summed E-state index contributed by atoms with van der Waals surface area (Å²) in [5.74, 6) is 0.385. The summed E-state index contributed by atoms with van der Waals surface area (Å²) in [4.78, 5) is 26.0. The number of hydrogen-bond donors (Lipinski definition) is 1. The molecule has 49 heavy (non-hydrogen) atoms. The topological polar surface area (TPSA) is 137 Å². The van der Waals surface area contributed by atoms with Crippen LogP contribution in [0, 0.1) is 0 Å². The molecule has 260 valence electrons. The molecule has 4 rings (SSSR count). The minimum Gasteiger partial charge on any atom is -0.497 e. The predicted molar refractivity (Wildman–Crippen MR) is 180 cm³/mol. The van der Waals surface area contributed by atoms with Gasteiger partial charge in [0, 0.05) is 7.11 Å². The first-order chi connectivity index (χ1) is 23.9. The third-order valence-electron chi connectivity index (χ3n) is 6.89. The van der Waals surface area contributed by atoms with Gasteiger partial charge in [-0.05, 0) is 41.0 Å². The lowest BCUT2D eigenvalue weighted by atomic mass is 10.2. The summed E-state index contributed by atoms with van der Waals surface area (Å²) in [6.45, 7) is -1.08. The van der Waals surface area contributed by atoms with Gasteiger partial charge in [0.05, 0.1) is 26.9 Å². The van der Waals surface area contributed by atoms with Crippen LogP contribution < -0.4 is 14.8 Å².